The minimum atomic E-state index is -0.546. The molecular weight excluding hydrogens is 362 g/mol. The Bertz CT molecular complexity index is 795. The summed E-state index contributed by atoms with van der Waals surface area (Å²) in [6.07, 6.45) is 2.88. The number of rotatable bonds is 7. The van der Waals surface area contributed by atoms with Crippen LogP contribution in [0.5, 0.6) is 5.75 Å². The van der Waals surface area contributed by atoms with E-state index < -0.39 is 23.1 Å². The average molecular weight is 385 g/mol. The van der Waals surface area contributed by atoms with Crippen LogP contribution in [-0.2, 0) is 20.7 Å². The van der Waals surface area contributed by atoms with Crippen molar-refractivity contribution in [3.8, 4) is 5.75 Å². The van der Waals surface area contributed by atoms with Crippen LogP contribution >= 0.6 is 0 Å². The van der Waals surface area contributed by atoms with E-state index in [9.17, 15) is 14.9 Å². The molecule has 1 saturated heterocycles. The highest BCUT2D eigenvalue weighted by molar-refractivity contribution is 5.75. The summed E-state index contributed by atoms with van der Waals surface area (Å²) in [5, 5.41) is 10.7. The van der Waals surface area contributed by atoms with Crippen LogP contribution in [-0.4, -0.2) is 24.1 Å². The molecule has 148 valence electrons. The van der Waals surface area contributed by atoms with Gasteiger partial charge in [-0.1, -0.05) is 37.6 Å². The van der Waals surface area contributed by atoms with Crippen molar-refractivity contribution in [3.63, 3.8) is 0 Å². The van der Waals surface area contributed by atoms with Gasteiger partial charge in [-0.25, -0.2) is 0 Å². The minimum Gasteiger partial charge on any atom is -0.426 e. The Labute approximate surface area is 163 Å². The molecule has 0 saturated carbocycles. The number of benzene rings is 2. The Morgan fingerprint density at radius 1 is 1.11 bits per heavy atom. The monoisotopic (exact) mass is 385 g/mol. The van der Waals surface area contributed by atoms with Gasteiger partial charge in [0, 0.05) is 17.7 Å². The molecule has 0 amide bonds. The summed E-state index contributed by atoms with van der Waals surface area (Å²) in [6, 6.07) is 13.5. The third-order valence-electron chi connectivity index (χ3n) is 4.57. The zero-order chi connectivity index (χ0) is 19.9. The van der Waals surface area contributed by atoms with E-state index in [2.05, 4.69) is 19.1 Å². The second kappa shape index (κ2) is 9.43. The molecular formula is C21H23NO6. The van der Waals surface area contributed by atoms with Crippen molar-refractivity contribution >= 4 is 11.7 Å². The molecule has 1 fully saturated rings. The van der Waals surface area contributed by atoms with Crippen LogP contribution in [0, 0.1) is 16.0 Å². The van der Waals surface area contributed by atoms with Gasteiger partial charge in [0.2, 0.25) is 0 Å². The van der Waals surface area contributed by atoms with Crippen LogP contribution in [0.15, 0.2) is 48.5 Å². The van der Waals surface area contributed by atoms with Crippen LogP contribution in [0.2, 0.25) is 0 Å². The summed E-state index contributed by atoms with van der Waals surface area (Å²) < 4.78 is 16.7. The summed E-state index contributed by atoms with van der Waals surface area (Å²) >= 11 is 0. The molecule has 2 aromatic carbocycles. The Morgan fingerprint density at radius 3 is 2.32 bits per heavy atom. The van der Waals surface area contributed by atoms with E-state index in [1.54, 1.807) is 0 Å². The second-order valence-electron chi connectivity index (χ2n) is 6.71. The molecule has 1 aliphatic rings. The van der Waals surface area contributed by atoms with E-state index in [1.165, 1.54) is 29.8 Å². The quantitative estimate of drug-likeness (QED) is 0.307. The molecule has 0 aliphatic carbocycles. The third-order valence-corrected chi connectivity index (χ3v) is 4.57. The molecule has 0 unspecified atom stereocenters. The van der Waals surface area contributed by atoms with Gasteiger partial charge < -0.3 is 14.2 Å². The highest BCUT2D eigenvalue weighted by atomic mass is 16.7. The van der Waals surface area contributed by atoms with Gasteiger partial charge in [-0.2, -0.15) is 0 Å². The molecule has 0 atom stereocenters. The lowest BCUT2D eigenvalue weighted by Gasteiger charge is -2.28. The van der Waals surface area contributed by atoms with Gasteiger partial charge in [0.25, 0.3) is 5.69 Å². The maximum absolute atomic E-state index is 12.3. The highest BCUT2D eigenvalue weighted by Crippen LogP contribution is 2.27. The standard InChI is InChI=1S/C21H23NO6/c1-2-3-4-15-5-7-16(8-6-15)21-26-13-17(14-27-21)20(23)28-19-11-9-18(10-12-19)22(24)25/h5-12,17,21H,2-4,13-14H2,1H3. The molecule has 3 rings (SSSR count). The number of nitro benzene ring substituents is 1. The Morgan fingerprint density at radius 2 is 1.75 bits per heavy atom. The molecule has 0 bridgehead atoms. The number of carbonyl (C=O) groups is 1. The van der Waals surface area contributed by atoms with Crippen LogP contribution < -0.4 is 4.74 Å². The first-order valence-electron chi connectivity index (χ1n) is 9.35. The summed E-state index contributed by atoms with van der Waals surface area (Å²) in [5.41, 5.74) is 2.14. The van der Waals surface area contributed by atoms with Gasteiger partial charge in [-0.05, 0) is 30.5 Å². The number of hydrogen-bond acceptors (Lipinski definition) is 6. The van der Waals surface area contributed by atoms with Gasteiger partial charge in [-0.3, -0.25) is 14.9 Å². The van der Waals surface area contributed by atoms with E-state index in [4.69, 9.17) is 14.2 Å². The van der Waals surface area contributed by atoms with Crippen LogP contribution in [0.3, 0.4) is 0 Å². The lowest BCUT2D eigenvalue weighted by molar-refractivity contribution is -0.384. The Balaban J connectivity index is 1.50. The van der Waals surface area contributed by atoms with Gasteiger partial charge >= 0.3 is 5.97 Å². The van der Waals surface area contributed by atoms with Crippen molar-refractivity contribution in [1.82, 2.24) is 0 Å². The molecule has 7 heteroatoms. The fraction of sp³-hybridized carbons (Fsp3) is 0.381. The summed E-state index contributed by atoms with van der Waals surface area (Å²) in [6.45, 7) is 2.54. The lowest BCUT2D eigenvalue weighted by atomic mass is 10.1. The van der Waals surface area contributed by atoms with Crippen molar-refractivity contribution in [2.45, 2.75) is 32.5 Å². The van der Waals surface area contributed by atoms with E-state index in [0.29, 0.717) is 0 Å². The number of esters is 1. The number of nitrogens with zero attached hydrogens (tertiary/aromatic N) is 1. The summed E-state index contributed by atoms with van der Waals surface area (Å²) in [7, 11) is 0. The maximum atomic E-state index is 12.3. The molecule has 0 radical (unpaired) electrons. The highest BCUT2D eigenvalue weighted by Gasteiger charge is 2.30. The number of aryl methyl sites for hydroxylation is 1. The molecule has 0 aromatic heterocycles. The first-order chi connectivity index (χ1) is 13.6. The summed E-state index contributed by atoms with van der Waals surface area (Å²) in [4.78, 5) is 22.4. The number of unbranched alkanes of at least 4 members (excludes halogenated alkanes) is 1. The Hall–Kier alpha value is -2.77. The van der Waals surface area contributed by atoms with Crippen LogP contribution in [0.25, 0.3) is 0 Å². The number of ether oxygens (including phenoxy) is 3. The zero-order valence-corrected chi connectivity index (χ0v) is 15.7. The first-order valence-corrected chi connectivity index (χ1v) is 9.35. The summed E-state index contributed by atoms with van der Waals surface area (Å²) in [5.74, 6) is -0.780. The number of carbonyl (C=O) groups excluding carboxylic acids is 1. The van der Waals surface area contributed by atoms with E-state index >= 15 is 0 Å². The van der Waals surface area contributed by atoms with Crippen LogP contribution in [0.4, 0.5) is 5.69 Å². The van der Waals surface area contributed by atoms with Crippen molar-refractivity contribution in [2.75, 3.05) is 13.2 Å². The van der Waals surface area contributed by atoms with Gasteiger partial charge in [0.05, 0.1) is 18.1 Å². The fourth-order valence-electron chi connectivity index (χ4n) is 2.89. The normalized spacial score (nSPS) is 19.2. The second-order valence-corrected chi connectivity index (χ2v) is 6.71. The van der Waals surface area contributed by atoms with E-state index in [1.807, 2.05) is 12.1 Å². The SMILES string of the molecule is CCCCc1ccc(C2OCC(C(=O)Oc3ccc([N+](=O)[O-])cc3)CO2)cc1. The van der Waals surface area contributed by atoms with Crippen LogP contribution in [0.1, 0.15) is 37.2 Å². The first kappa shape index (κ1) is 20.0. The number of non-ortho nitro benzene ring substituents is 1. The molecule has 2 aromatic rings. The molecule has 0 N–H and O–H groups in total. The molecule has 0 spiro atoms. The number of nitro groups is 1. The van der Waals surface area contributed by atoms with E-state index in [0.717, 1.165) is 24.8 Å². The van der Waals surface area contributed by atoms with Gasteiger partial charge in [0.15, 0.2) is 6.29 Å². The third kappa shape index (κ3) is 5.15. The minimum absolute atomic E-state index is 0.0623. The smallest absolute Gasteiger partial charge is 0.319 e. The van der Waals surface area contributed by atoms with Crippen molar-refractivity contribution in [2.24, 2.45) is 5.92 Å². The van der Waals surface area contributed by atoms with Gasteiger partial charge in [0.1, 0.15) is 11.7 Å². The van der Waals surface area contributed by atoms with E-state index in [-0.39, 0.29) is 24.7 Å². The van der Waals surface area contributed by atoms with Crippen molar-refractivity contribution < 1.29 is 23.9 Å². The van der Waals surface area contributed by atoms with Gasteiger partial charge in [-0.15, -0.1) is 0 Å². The van der Waals surface area contributed by atoms with Crippen molar-refractivity contribution in [1.29, 1.82) is 0 Å². The fourth-order valence-corrected chi connectivity index (χ4v) is 2.89. The number of hydrogen-bond donors (Lipinski definition) is 0. The van der Waals surface area contributed by atoms with Crippen molar-refractivity contribution in [3.05, 3.63) is 69.8 Å². The topological polar surface area (TPSA) is 87.9 Å². The predicted molar refractivity (Wildman–Crippen MR) is 102 cm³/mol. The predicted octanol–water partition coefficient (Wildman–Crippen LogP) is 4.20. The maximum Gasteiger partial charge on any atom is 0.319 e. The molecule has 1 aliphatic heterocycles. The average Bonchev–Trinajstić information content (AvgIpc) is 2.73. The Kier molecular flexibility index (Phi) is 6.73. The largest absolute Gasteiger partial charge is 0.426 e. The molecule has 7 nitrogen and oxygen atoms in total. The zero-order valence-electron chi connectivity index (χ0n) is 15.7. The lowest BCUT2D eigenvalue weighted by Crippen LogP contribution is -2.35. The molecule has 28 heavy (non-hydrogen) atoms. The molecule has 1 heterocycles.